The zero-order chi connectivity index (χ0) is 15.9. The Morgan fingerprint density at radius 2 is 2.14 bits per heavy atom. The van der Waals surface area contributed by atoms with Gasteiger partial charge in [0, 0.05) is 6.20 Å². The highest BCUT2D eigenvalue weighted by Crippen LogP contribution is 2.52. The van der Waals surface area contributed by atoms with Gasteiger partial charge >= 0.3 is 5.69 Å². The third kappa shape index (κ3) is 2.44. The average molecular weight is 297 g/mol. The Labute approximate surface area is 126 Å². The van der Waals surface area contributed by atoms with Crippen LogP contribution in [0.3, 0.4) is 0 Å². The van der Waals surface area contributed by atoms with E-state index in [2.05, 4.69) is 40.1 Å². The number of hydrogen-bond acceptors (Lipinski definition) is 5. The van der Waals surface area contributed by atoms with Gasteiger partial charge in [0.25, 0.3) is 5.56 Å². The van der Waals surface area contributed by atoms with Crippen molar-refractivity contribution in [1.29, 1.82) is 5.26 Å². The second kappa shape index (κ2) is 5.22. The van der Waals surface area contributed by atoms with Crippen LogP contribution in [0.4, 0.5) is 0 Å². The van der Waals surface area contributed by atoms with Gasteiger partial charge in [-0.05, 0) is 35.8 Å². The van der Waals surface area contributed by atoms with Crippen LogP contribution in [-0.2, 0) is 0 Å². The first-order valence-electron chi connectivity index (χ1n) is 7.11. The molecule has 7 nitrogen and oxygen atoms in total. The summed E-state index contributed by atoms with van der Waals surface area (Å²) in [6.07, 6.45) is 2.33. The topological polar surface area (TPSA) is 115 Å². The molecule has 1 fully saturated rings. The van der Waals surface area contributed by atoms with Gasteiger partial charge in [-0.2, -0.15) is 5.26 Å². The Morgan fingerprint density at radius 1 is 1.36 bits per heavy atom. The van der Waals surface area contributed by atoms with E-state index in [1.165, 1.54) is 6.20 Å². The van der Waals surface area contributed by atoms with Crippen LogP contribution in [-0.4, -0.2) is 20.2 Å². The normalized spacial score (nSPS) is 19.9. The van der Waals surface area contributed by atoms with E-state index in [1.807, 2.05) is 0 Å². The minimum absolute atomic E-state index is 0.236. The summed E-state index contributed by atoms with van der Waals surface area (Å²) < 4.78 is 0. The Hall–Kier alpha value is -2.75. The molecule has 0 aromatic carbocycles. The average Bonchev–Trinajstić information content (AvgIpc) is 3.27. The van der Waals surface area contributed by atoms with E-state index in [0.29, 0.717) is 23.2 Å². The molecule has 0 bridgehead atoms. The van der Waals surface area contributed by atoms with Crippen molar-refractivity contribution in [3.63, 3.8) is 0 Å². The van der Waals surface area contributed by atoms with Crippen molar-refractivity contribution >= 4 is 0 Å². The zero-order valence-electron chi connectivity index (χ0n) is 12.3. The van der Waals surface area contributed by atoms with Crippen molar-refractivity contribution in [3.05, 3.63) is 44.4 Å². The molecule has 0 amide bonds. The Morgan fingerprint density at radius 3 is 2.73 bits per heavy atom. The quantitative estimate of drug-likeness (QED) is 0.881. The molecule has 3 rings (SSSR count). The number of aromatic amines is 2. The highest BCUT2D eigenvalue weighted by Gasteiger charge is 2.42. The smallest absolute Gasteiger partial charge is 0.313 e. The molecule has 22 heavy (non-hydrogen) atoms. The fourth-order valence-electron chi connectivity index (χ4n) is 2.82. The Bertz CT molecular complexity index is 874. The van der Waals surface area contributed by atoms with Gasteiger partial charge in [0.15, 0.2) is 5.69 Å². The molecule has 1 aliphatic rings. The lowest BCUT2D eigenvalue weighted by Gasteiger charge is -2.06. The summed E-state index contributed by atoms with van der Waals surface area (Å²) in [7, 11) is 0. The van der Waals surface area contributed by atoms with Crippen LogP contribution in [0.15, 0.2) is 21.9 Å². The van der Waals surface area contributed by atoms with Crippen molar-refractivity contribution in [1.82, 2.24) is 20.2 Å². The number of rotatable bonds is 3. The summed E-state index contributed by atoms with van der Waals surface area (Å²) in [5.74, 6) is 1.34. The molecular formula is C15H15N5O2. The highest BCUT2D eigenvalue weighted by molar-refractivity contribution is 5.58. The molecule has 2 heterocycles. The van der Waals surface area contributed by atoms with Crippen LogP contribution in [0.1, 0.15) is 37.4 Å². The molecule has 0 spiro atoms. The standard InChI is InChI=1S/C15H15N5O2/c1-7(2)8-3-9(8)10-4-12(19-20-13(10)5-16)11-6-17-15(22)18-14(11)21/h4,6-9H,3H2,1-2H3,(H2,17,18,21,22)/t8-,9+/m1/s1. The van der Waals surface area contributed by atoms with Crippen molar-refractivity contribution < 1.29 is 0 Å². The molecule has 1 aliphatic carbocycles. The molecule has 2 N–H and O–H groups in total. The minimum atomic E-state index is -0.572. The first-order valence-corrected chi connectivity index (χ1v) is 7.11. The number of nitrogens with zero attached hydrogens (tertiary/aromatic N) is 3. The number of H-pyrrole nitrogens is 2. The Balaban J connectivity index is 2.07. The molecule has 0 aliphatic heterocycles. The van der Waals surface area contributed by atoms with Crippen molar-refractivity contribution in [3.8, 4) is 17.3 Å². The van der Waals surface area contributed by atoms with Crippen molar-refractivity contribution in [2.75, 3.05) is 0 Å². The van der Waals surface area contributed by atoms with E-state index < -0.39 is 11.2 Å². The van der Waals surface area contributed by atoms with E-state index >= 15 is 0 Å². The molecule has 1 saturated carbocycles. The molecule has 7 heteroatoms. The van der Waals surface area contributed by atoms with Gasteiger partial charge in [-0.3, -0.25) is 9.78 Å². The second-order valence-electron chi connectivity index (χ2n) is 5.88. The lowest BCUT2D eigenvalue weighted by molar-refractivity contribution is 0.548. The van der Waals surface area contributed by atoms with Crippen LogP contribution < -0.4 is 11.2 Å². The van der Waals surface area contributed by atoms with Crippen LogP contribution in [0.2, 0.25) is 0 Å². The summed E-state index contributed by atoms with van der Waals surface area (Å²) in [5, 5.41) is 17.1. The van der Waals surface area contributed by atoms with Gasteiger partial charge in [-0.15, -0.1) is 10.2 Å². The van der Waals surface area contributed by atoms with Crippen LogP contribution in [0.5, 0.6) is 0 Å². The first-order chi connectivity index (χ1) is 10.5. The fraction of sp³-hybridized carbons (Fsp3) is 0.400. The summed E-state index contributed by atoms with van der Waals surface area (Å²) in [6.45, 7) is 4.30. The Kier molecular flexibility index (Phi) is 3.37. The third-order valence-electron chi connectivity index (χ3n) is 4.12. The van der Waals surface area contributed by atoms with E-state index in [0.717, 1.165) is 12.0 Å². The summed E-state index contributed by atoms with van der Waals surface area (Å²) in [4.78, 5) is 27.5. The number of aromatic nitrogens is 4. The van der Waals surface area contributed by atoms with Crippen molar-refractivity contribution in [2.45, 2.75) is 26.2 Å². The summed E-state index contributed by atoms with van der Waals surface area (Å²) in [5.41, 5.74) is 0.637. The molecule has 2 aromatic rings. The molecule has 0 radical (unpaired) electrons. The molecule has 0 saturated heterocycles. The summed E-state index contributed by atoms with van der Waals surface area (Å²) in [6, 6.07) is 3.80. The lowest BCUT2D eigenvalue weighted by atomic mass is 10.0. The molecule has 2 aromatic heterocycles. The molecule has 0 unspecified atom stereocenters. The zero-order valence-corrected chi connectivity index (χ0v) is 12.3. The van der Waals surface area contributed by atoms with Crippen LogP contribution in [0.25, 0.3) is 11.3 Å². The maximum atomic E-state index is 11.9. The maximum Gasteiger partial charge on any atom is 0.325 e. The van der Waals surface area contributed by atoms with E-state index in [4.69, 9.17) is 0 Å². The number of nitriles is 1. The maximum absolute atomic E-state index is 11.9. The van der Waals surface area contributed by atoms with Crippen LogP contribution in [0, 0.1) is 23.2 Å². The lowest BCUT2D eigenvalue weighted by Crippen LogP contribution is -2.23. The number of nitrogens with one attached hydrogen (secondary N) is 2. The van der Waals surface area contributed by atoms with Crippen molar-refractivity contribution in [2.24, 2.45) is 11.8 Å². The third-order valence-corrected chi connectivity index (χ3v) is 4.12. The predicted octanol–water partition coefficient (Wildman–Crippen LogP) is 1.15. The van der Waals surface area contributed by atoms with Gasteiger partial charge in [0.2, 0.25) is 0 Å². The van der Waals surface area contributed by atoms with Gasteiger partial charge < -0.3 is 4.98 Å². The molecule has 112 valence electrons. The monoisotopic (exact) mass is 297 g/mol. The SMILES string of the molecule is CC(C)[C@H]1C[C@@H]1c1cc(-c2c[nH]c(=O)[nH]c2=O)nnc1C#N. The second-order valence-corrected chi connectivity index (χ2v) is 5.88. The molecular weight excluding hydrogens is 282 g/mol. The molecule has 2 atom stereocenters. The van der Waals surface area contributed by atoms with Gasteiger partial charge in [-0.25, -0.2) is 4.79 Å². The van der Waals surface area contributed by atoms with E-state index in [-0.39, 0.29) is 11.5 Å². The van der Waals surface area contributed by atoms with E-state index in [1.54, 1.807) is 6.07 Å². The van der Waals surface area contributed by atoms with E-state index in [9.17, 15) is 14.9 Å². The number of hydrogen-bond donors (Lipinski definition) is 2. The predicted molar refractivity (Wildman–Crippen MR) is 79.1 cm³/mol. The highest BCUT2D eigenvalue weighted by atomic mass is 16.2. The first kappa shape index (κ1) is 14.2. The summed E-state index contributed by atoms with van der Waals surface area (Å²) >= 11 is 0. The minimum Gasteiger partial charge on any atom is -0.313 e. The largest absolute Gasteiger partial charge is 0.325 e. The van der Waals surface area contributed by atoms with Crippen LogP contribution >= 0.6 is 0 Å². The van der Waals surface area contributed by atoms with Gasteiger partial charge in [0.05, 0.1) is 5.56 Å². The van der Waals surface area contributed by atoms with Gasteiger partial charge in [0.1, 0.15) is 11.8 Å². The fourth-order valence-corrected chi connectivity index (χ4v) is 2.82. The van der Waals surface area contributed by atoms with Gasteiger partial charge in [-0.1, -0.05) is 13.8 Å².